The second kappa shape index (κ2) is 9.28. The van der Waals surface area contributed by atoms with Crippen molar-refractivity contribution in [3.05, 3.63) is 74.4 Å². The van der Waals surface area contributed by atoms with Gasteiger partial charge < -0.3 is 14.7 Å². The molecule has 0 aliphatic heterocycles. The van der Waals surface area contributed by atoms with Gasteiger partial charge in [0.2, 0.25) is 4.90 Å². The van der Waals surface area contributed by atoms with Crippen molar-refractivity contribution in [2.75, 3.05) is 6.54 Å². The Morgan fingerprint density at radius 3 is 2.73 bits per heavy atom. The SMILES string of the molecule is CCc1cc(-c2ccc(CNCCc3ccc(Cl)c([S+](N)(=O)O)c3)o2)c(C)[nH]c1=O. The van der Waals surface area contributed by atoms with E-state index in [4.69, 9.17) is 21.2 Å². The van der Waals surface area contributed by atoms with Gasteiger partial charge in [-0.1, -0.05) is 24.6 Å². The zero-order valence-corrected chi connectivity index (χ0v) is 18.4. The largest absolute Gasteiger partial charge is 0.460 e. The number of aromatic amines is 1. The quantitative estimate of drug-likeness (QED) is 0.308. The molecule has 0 saturated carbocycles. The number of H-pyrrole nitrogens is 1. The average molecular weight is 451 g/mol. The summed E-state index contributed by atoms with van der Waals surface area (Å²) in [6.07, 6.45) is 1.28. The molecular weight excluding hydrogens is 426 g/mol. The number of furan rings is 1. The van der Waals surface area contributed by atoms with Gasteiger partial charge in [-0.05, 0) is 60.3 Å². The third-order valence-corrected chi connectivity index (χ3v) is 6.23. The zero-order chi connectivity index (χ0) is 21.9. The van der Waals surface area contributed by atoms with Crippen molar-refractivity contribution in [2.24, 2.45) is 5.14 Å². The standard InChI is InChI=1S/C21H24ClN3O4S/c1-3-15-11-17(13(2)25-21(15)26)19-7-5-16(29-19)12-24-9-8-14-4-6-18(22)20(10-14)30(23,27)28/h4-7,10-11,24H,3,8-9,12H2,1-2H3,(H3-,23,25,26,27,28)/p+1. The number of nitrogens with one attached hydrogen (secondary N) is 2. The molecule has 5 N–H and O–H groups in total. The second-order valence-electron chi connectivity index (χ2n) is 7.04. The van der Waals surface area contributed by atoms with Crippen LogP contribution in [0.5, 0.6) is 0 Å². The monoisotopic (exact) mass is 450 g/mol. The smallest absolute Gasteiger partial charge is 0.322 e. The van der Waals surface area contributed by atoms with Crippen molar-refractivity contribution >= 4 is 22.0 Å². The normalized spacial score (nSPS) is 13.4. The first kappa shape index (κ1) is 22.5. The van der Waals surface area contributed by atoms with E-state index in [0.29, 0.717) is 31.7 Å². The van der Waals surface area contributed by atoms with E-state index >= 15 is 0 Å². The highest BCUT2D eigenvalue weighted by atomic mass is 35.5. The lowest BCUT2D eigenvalue weighted by atomic mass is 10.1. The van der Waals surface area contributed by atoms with Gasteiger partial charge in [-0.15, -0.1) is 5.14 Å². The van der Waals surface area contributed by atoms with Crippen molar-refractivity contribution in [1.82, 2.24) is 10.3 Å². The van der Waals surface area contributed by atoms with Crippen LogP contribution in [0.4, 0.5) is 0 Å². The van der Waals surface area contributed by atoms with Crippen LogP contribution in [0.3, 0.4) is 0 Å². The number of benzene rings is 1. The van der Waals surface area contributed by atoms with E-state index in [1.807, 2.05) is 32.0 Å². The van der Waals surface area contributed by atoms with Crippen LogP contribution in [-0.2, 0) is 34.0 Å². The summed E-state index contributed by atoms with van der Waals surface area (Å²) < 4.78 is 27.2. The van der Waals surface area contributed by atoms with Crippen LogP contribution in [0, 0.1) is 6.92 Å². The number of pyridine rings is 1. The van der Waals surface area contributed by atoms with E-state index in [-0.39, 0.29) is 15.5 Å². The summed E-state index contributed by atoms with van der Waals surface area (Å²) in [4.78, 5) is 14.8. The van der Waals surface area contributed by atoms with Gasteiger partial charge in [0, 0.05) is 22.9 Å². The van der Waals surface area contributed by atoms with Crippen molar-refractivity contribution in [3.63, 3.8) is 0 Å². The van der Waals surface area contributed by atoms with E-state index in [1.54, 1.807) is 18.2 Å². The van der Waals surface area contributed by atoms with Crippen molar-refractivity contribution in [1.29, 1.82) is 0 Å². The Kier molecular flexibility index (Phi) is 6.95. The number of aromatic nitrogens is 1. The first-order valence-electron chi connectivity index (χ1n) is 9.54. The molecule has 9 heteroatoms. The number of nitrogens with two attached hydrogens (primary N) is 1. The Morgan fingerprint density at radius 1 is 1.27 bits per heavy atom. The summed E-state index contributed by atoms with van der Waals surface area (Å²) in [5, 5.41) is 8.76. The average Bonchev–Trinajstić information content (AvgIpc) is 3.14. The van der Waals surface area contributed by atoms with Crippen LogP contribution in [-0.4, -0.2) is 16.1 Å². The molecule has 0 amide bonds. The summed E-state index contributed by atoms with van der Waals surface area (Å²) in [6.45, 7) is 4.95. The maximum Gasteiger partial charge on any atom is 0.322 e. The topological polar surface area (TPSA) is 121 Å². The molecule has 2 heterocycles. The number of hydrogen-bond acceptors (Lipinski definition) is 4. The highest BCUT2D eigenvalue weighted by Crippen LogP contribution is 2.25. The predicted octanol–water partition coefficient (Wildman–Crippen LogP) is 3.70. The van der Waals surface area contributed by atoms with Crippen LogP contribution in [0.1, 0.15) is 29.5 Å². The lowest BCUT2D eigenvalue weighted by Crippen LogP contribution is -2.21. The van der Waals surface area contributed by atoms with Gasteiger partial charge in [0.05, 0.1) is 6.54 Å². The molecule has 3 aromatic rings. The fourth-order valence-electron chi connectivity index (χ4n) is 3.17. The minimum atomic E-state index is -3.60. The van der Waals surface area contributed by atoms with Gasteiger partial charge in [0.15, 0.2) is 0 Å². The maximum atomic E-state index is 11.9. The number of aryl methyl sites for hydroxylation is 2. The molecule has 3 rings (SSSR count). The first-order chi connectivity index (χ1) is 14.2. The van der Waals surface area contributed by atoms with Gasteiger partial charge in [0.1, 0.15) is 16.5 Å². The Bertz CT molecular complexity index is 1150. The van der Waals surface area contributed by atoms with Gasteiger partial charge in [-0.3, -0.25) is 4.79 Å². The molecular formula is C21H25ClN3O4S+. The molecule has 0 aliphatic carbocycles. The van der Waals surface area contributed by atoms with Gasteiger partial charge in [-0.25, -0.2) is 0 Å². The molecule has 30 heavy (non-hydrogen) atoms. The minimum absolute atomic E-state index is 0.0417. The van der Waals surface area contributed by atoms with Crippen LogP contribution in [0.25, 0.3) is 11.3 Å². The third kappa shape index (κ3) is 5.27. The molecule has 160 valence electrons. The summed E-state index contributed by atoms with van der Waals surface area (Å²) in [5.74, 6) is 1.48. The molecule has 0 spiro atoms. The van der Waals surface area contributed by atoms with Crippen LogP contribution >= 0.6 is 11.6 Å². The lowest BCUT2D eigenvalue weighted by molar-refractivity contribution is 0.494. The second-order valence-corrected chi connectivity index (χ2v) is 9.03. The van der Waals surface area contributed by atoms with Gasteiger partial charge in [0.25, 0.3) is 5.56 Å². The van der Waals surface area contributed by atoms with Crippen LogP contribution < -0.4 is 16.0 Å². The Hall–Kier alpha value is -2.23. The molecule has 1 aromatic carbocycles. The number of rotatable bonds is 8. The Morgan fingerprint density at radius 2 is 2.03 bits per heavy atom. The molecule has 0 radical (unpaired) electrons. The molecule has 0 bridgehead atoms. The van der Waals surface area contributed by atoms with Crippen molar-refractivity contribution < 1.29 is 13.2 Å². The fourth-order valence-corrected chi connectivity index (χ4v) is 4.29. The van der Waals surface area contributed by atoms with Crippen LogP contribution in [0.15, 0.2) is 50.5 Å². The predicted molar refractivity (Wildman–Crippen MR) is 119 cm³/mol. The molecule has 0 fully saturated rings. The summed E-state index contributed by atoms with van der Waals surface area (Å²) in [5.41, 5.74) is 3.15. The Balaban J connectivity index is 1.61. The van der Waals surface area contributed by atoms with E-state index in [2.05, 4.69) is 10.3 Å². The van der Waals surface area contributed by atoms with Crippen LogP contribution in [0.2, 0.25) is 5.02 Å². The van der Waals surface area contributed by atoms with Crippen molar-refractivity contribution in [2.45, 2.75) is 38.1 Å². The molecule has 1 atom stereocenters. The molecule has 0 aliphatic rings. The Labute approximate surface area is 181 Å². The fraction of sp³-hybridized carbons (Fsp3) is 0.286. The minimum Gasteiger partial charge on any atom is -0.460 e. The highest BCUT2D eigenvalue weighted by Gasteiger charge is 2.27. The van der Waals surface area contributed by atoms with E-state index in [0.717, 1.165) is 28.1 Å². The highest BCUT2D eigenvalue weighted by molar-refractivity contribution is 7.95. The summed E-state index contributed by atoms with van der Waals surface area (Å²) in [6, 6.07) is 10.6. The summed E-state index contributed by atoms with van der Waals surface area (Å²) >= 11 is 5.95. The molecule has 2 aromatic heterocycles. The number of halogens is 1. The lowest BCUT2D eigenvalue weighted by Gasteiger charge is -2.07. The van der Waals surface area contributed by atoms with Crippen molar-refractivity contribution in [3.8, 4) is 11.3 Å². The maximum absolute atomic E-state index is 11.9. The van der Waals surface area contributed by atoms with E-state index in [9.17, 15) is 13.6 Å². The van der Waals surface area contributed by atoms with Gasteiger partial charge >= 0.3 is 10.4 Å². The van der Waals surface area contributed by atoms with Gasteiger partial charge in [-0.2, -0.15) is 4.55 Å². The summed E-state index contributed by atoms with van der Waals surface area (Å²) in [7, 11) is -3.60. The first-order valence-corrected chi connectivity index (χ1v) is 11.5. The number of hydrogen-bond donors (Lipinski definition) is 4. The molecule has 7 nitrogen and oxygen atoms in total. The van der Waals surface area contributed by atoms with E-state index in [1.165, 1.54) is 0 Å². The molecule has 1 unspecified atom stereocenters. The zero-order valence-electron chi connectivity index (χ0n) is 16.8. The van der Waals surface area contributed by atoms with E-state index < -0.39 is 10.4 Å². The third-order valence-electron chi connectivity index (χ3n) is 4.82. The molecule has 0 saturated heterocycles.